The molecule has 6 heteroatoms. The number of carbonyl (C=O) groups excluding carboxylic acids is 1. The van der Waals surface area contributed by atoms with Gasteiger partial charge in [0.1, 0.15) is 11.3 Å². The number of rotatable bonds is 3. The van der Waals surface area contributed by atoms with Gasteiger partial charge in [0.2, 0.25) is 6.54 Å². The van der Waals surface area contributed by atoms with Crippen LogP contribution in [-0.4, -0.2) is 33.1 Å². The molecule has 0 radical (unpaired) electrons. The van der Waals surface area contributed by atoms with Crippen molar-refractivity contribution in [3.63, 3.8) is 0 Å². The van der Waals surface area contributed by atoms with Gasteiger partial charge >= 0.3 is 0 Å². The Bertz CT molecular complexity index is 1150. The molecule has 0 amide bonds. The minimum absolute atomic E-state index is 0.207. The highest BCUT2D eigenvalue weighted by molar-refractivity contribution is 6.36. The number of fused-ring (bicyclic) bond motifs is 5. The van der Waals surface area contributed by atoms with Gasteiger partial charge in [-0.2, -0.15) is 0 Å². The van der Waals surface area contributed by atoms with Gasteiger partial charge in [0.15, 0.2) is 0 Å². The first-order valence-electron chi connectivity index (χ1n) is 9.64. The first-order chi connectivity index (χ1) is 13.5. The summed E-state index contributed by atoms with van der Waals surface area (Å²) < 4.78 is 3.32. The summed E-state index contributed by atoms with van der Waals surface area (Å²) in [6.45, 7) is 4.36. The number of carbonyl (C=O) groups is 1. The Hall–Kier alpha value is -2.50. The standard InChI is InChI=1S/C22H21ClN3O2/c1-14(27)8-10-24-11-9-19-16(13-24)21-17(23)6-7-20-22(21)26(19)18-5-3-2-4-15(18)12-25(20)28/h2-7H,8-13H2,1H3/q+1. The lowest BCUT2D eigenvalue weighted by Crippen LogP contribution is -2.32. The van der Waals surface area contributed by atoms with Crippen LogP contribution in [0.25, 0.3) is 16.6 Å². The lowest BCUT2D eigenvalue weighted by molar-refractivity contribution is -0.478. The fourth-order valence-corrected chi connectivity index (χ4v) is 4.83. The molecule has 2 aromatic carbocycles. The zero-order valence-corrected chi connectivity index (χ0v) is 16.5. The molecule has 2 aliphatic rings. The molecular weight excluding hydrogens is 374 g/mol. The minimum atomic E-state index is 0.207. The summed E-state index contributed by atoms with van der Waals surface area (Å²) in [5, 5.41) is 1.65. The van der Waals surface area contributed by atoms with Crippen LogP contribution < -0.4 is 0 Å². The maximum absolute atomic E-state index is 12.9. The van der Waals surface area contributed by atoms with Gasteiger partial charge in [-0.1, -0.05) is 29.8 Å². The first-order valence-corrected chi connectivity index (χ1v) is 10.0. The Balaban J connectivity index is 1.76. The third-order valence-electron chi connectivity index (χ3n) is 5.89. The van der Waals surface area contributed by atoms with Crippen molar-refractivity contribution in [3.8, 4) is 5.69 Å². The normalized spacial score (nSPS) is 16.0. The summed E-state index contributed by atoms with van der Waals surface area (Å²) in [4.78, 5) is 26.7. The molecule has 5 nitrogen and oxygen atoms in total. The second kappa shape index (κ2) is 6.54. The predicted octanol–water partition coefficient (Wildman–Crippen LogP) is 4.55. The van der Waals surface area contributed by atoms with Gasteiger partial charge in [-0.15, -0.1) is 0 Å². The zero-order valence-electron chi connectivity index (χ0n) is 15.7. The Morgan fingerprint density at radius 1 is 1.21 bits per heavy atom. The molecular formula is C22H21ClN3O2+. The number of hydrogen-bond donors (Lipinski definition) is 0. The van der Waals surface area contributed by atoms with Crippen molar-refractivity contribution in [2.24, 2.45) is 0 Å². The van der Waals surface area contributed by atoms with E-state index in [9.17, 15) is 9.70 Å². The topological polar surface area (TPSA) is 45.3 Å². The quantitative estimate of drug-likeness (QED) is 0.612. The number of nitroso groups, excluding NO2 is 1. The molecule has 1 aromatic heterocycles. The number of hydrogen-bond acceptors (Lipinski definition) is 3. The molecule has 0 saturated heterocycles. The highest BCUT2D eigenvalue weighted by Gasteiger charge is 2.34. The summed E-state index contributed by atoms with van der Waals surface area (Å²) in [5.41, 5.74) is 6.07. The van der Waals surface area contributed by atoms with E-state index >= 15 is 0 Å². The van der Waals surface area contributed by atoms with Crippen LogP contribution in [0.1, 0.15) is 30.2 Å². The van der Waals surface area contributed by atoms with E-state index in [2.05, 4.69) is 15.5 Å². The van der Waals surface area contributed by atoms with Crippen molar-refractivity contribution in [2.75, 3.05) is 13.1 Å². The van der Waals surface area contributed by atoms with Gasteiger partial charge < -0.3 is 4.57 Å². The molecule has 5 rings (SSSR count). The van der Waals surface area contributed by atoms with Crippen LogP contribution in [-0.2, 0) is 24.3 Å². The van der Waals surface area contributed by atoms with E-state index < -0.39 is 0 Å². The molecule has 3 aromatic rings. The maximum atomic E-state index is 12.9. The fraction of sp³-hybridized carbons (Fsp3) is 0.318. The highest BCUT2D eigenvalue weighted by atomic mass is 35.5. The largest absolute Gasteiger partial charge is 0.307 e. The van der Waals surface area contributed by atoms with Crippen molar-refractivity contribution >= 4 is 34.0 Å². The number of benzene rings is 2. The Kier molecular flexibility index (Phi) is 4.11. The molecule has 28 heavy (non-hydrogen) atoms. The van der Waals surface area contributed by atoms with E-state index in [1.54, 1.807) is 6.92 Å². The van der Waals surface area contributed by atoms with E-state index in [4.69, 9.17) is 11.6 Å². The fourth-order valence-electron chi connectivity index (χ4n) is 4.56. The summed E-state index contributed by atoms with van der Waals surface area (Å²) in [5.74, 6) is 0.207. The summed E-state index contributed by atoms with van der Waals surface area (Å²) in [6.07, 6.45) is 1.43. The Morgan fingerprint density at radius 3 is 2.86 bits per heavy atom. The molecule has 0 aliphatic carbocycles. The maximum Gasteiger partial charge on any atom is 0.280 e. The SMILES string of the molecule is CC(=O)CCN1CCc2c(c3c(Cl)ccc4c3n2-c2ccccc2C[N+]4=O)C1. The van der Waals surface area contributed by atoms with E-state index in [0.29, 0.717) is 23.7 Å². The summed E-state index contributed by atoms with van der Waals surface area (Å²) in [6, 6.07) is 11.8. The third kappa shape index (κ3) is 2.61. The van der Waals surface area contributed by atoms with E-state index in [1.807, 2.05) is 30.3 Å². The second-order valence-corrected chi connectivity index (χ2v) is 8.10. The van der Waals surface area contributed by atoms with E-state index in [0.717, 1.165) is 53.0 Å². The molecule has 0 N–H and O–H groups in total. The van der Waals surface area contributed by atoms with E-state index in [1.165, 1.54) is 11.3 Å². The molecule has 3 heterocycles. The Labute approximate surface area is 168 Å². The molecule has 0 atom stereocenters. The first kappa shape index (κ1) is 17.6. The molecule has 0 fully saturated rings. The lowest BCUT2D eigenvalue weighted by Gasteiger charge is -2.28. The van der Waals surface area contributed by atoms with Crippen LogP contribution in [0.2, 0.25) is 5.02 Å². The monoisotopic (exact) mass is 394 g/mol. The number of para-hydroxylation sites is 1. The lowest BCUT2D eigenvalue weighted by atomic mass is 10.0. The average Bonchev–Trinajstić information content (AvgIpc) is 2.95. The molecule has 2 aliphatic heterocycles. The van der Waals surface area contributed by atoms with Gasteiger partial charge in [0, 0.05) is 64.9 Å². The second-order valence-electron chi connectivity index (χ2n) is 7.69. The van der Waals surface area contributed by atoms with Crippen molar-refractivity contribution in [2.45, 2.75) is 32.9 Å². The van der Waals surface area contributed by atoms with Crippen molar-refractivity contribution in [1.29, 1.82) is 0 Å². The van der Waals surface area contributed by atoms with Gasteiger partial charge in [-0.3, -0.25) is 9.69 Å². The minimum Gasteiger partial charge on any atom is -0.307 e. The van der Waals surface area contributed by atoms with Crippen molar-refractivity contribution in [3.05, 3.63) is 63.1 Å². The van der Waals surface area contributed by atoms with Crippen LogP contribution >= 0.6 is 11.6 Å². The highest BCUT2D eigenvalue weighted by Crippen LogP contribution is 2.43. The number of ketones is 1. The summed E-state index contributed by atoms with van der Waals surface area (Å²) >= 11 is 6.66. The van der Waals surface area contributed by atoms with Crippen molar-refractivity contribution < 1.29 is 9.55 Å². The number of Topliss-reactive ketones (excluding diaryl/α,β-unsaturated/α-hetero) is 1. The van der Waals surface area contributed by atoms with Crippen LogP contribution in [0, 0.1) is 4.91 Å². The molecule has 0 spiro atoms. The van der Waals surface area contributed by atoms with Gasteiger partial charge in [0.25, 0.3) is 5.69 Å². The van der Waals surface area contributed by atoms with Crippen LogP contribution in [0.5, 0.6) is 0 Å². The van der Waals surface area contributed by atoms with Crippen LogP contribution in [0.15, 0.2) is 36.4 Å². The van der Waals surface area contributed by atoms with Crippen LogP contribution in [0.4, 0.5) is 5.69 Å². The van der Waals surface area contributed by atoms with Gasteiger partial charge in [0.05, 0.1) is 10.7 Å². The Morgan fingerprint density at radius 2 is 2.04 bits per heavy atom. The van der Waals surface area contributed by atoms with Crippen LogP contribution in [0.3, 0.4) is 0 Å². The van der Waals surface area contributed by atoms with E-state index in [-0.39, 0.29) is 5.78 Å². The molecule has 0 unspecified atom stereocenters. The number of halogens is 1. The zero-order chi connectivity index (χ0) is 19.4. The molecule has 142 valence electrons. The number of aromatic nitrogens is 1. The van der Waals surface area contributed by atoms with Gasteiger partial charge in [-0.05, 0) is 24.6 Å². The van der Waals surface area contributed by atoms with Gasteiger partial charge in [-0.25, -0.2) is 0 Å². The summed E-state index contributed by atoms with van der Waals surface area (Å²) in [7, 11) is 0. The third-order valence-corrected chi connectivity index (χ3v) is 6.21. The smallest absolute Gasteiger partial charge is 0.280 e. The predicted molar refractivity (Wildman–Crippen MR) is 110 cm³/mol. The average molecular weight is 395 g/mol. The molecule has 0 saturated carbocycles. The molecule has 0 bridgehead atoms. The van der Waals surface area contributed by atoms with Crippen molar-refractivity contribution in [1.82, 2.24) is 9.47 Å². The number of nitrogens with zero attached hydrogens (tertiary/aromatic N) is 3.